The monoisotopic (exact) mass is 311 g/mol. The van der Waals surface area contributed by atoms with Gasteiger partial charge in [0.1, 0.15) is 13.2 Å². The molecule has 0 amide bonds. The van der Waals surface area contributed by atoms with E-state index in [-0.39, 0.29) is 5.92 Å². The van der Waals surface area contributed by atoms with E-state index >= 15 is 0 Å². The van der Waals surface area contributed by atoms with Crippen LogP contribution in [0.4, 0.5) is 0 Å². The van der Waals surface area contributed by atoms with Crippen molar-refractivity contribution in [2.24, 2.45) is 5.92 Å². The molecule has 3 rings (SSSR count). The van der Waals surface area contributed by atoms with Crippen molar-refractivity contribution in [3.05, 3.63) is 22.7 Å². The van der Waals surface area contributed by atoms with E-state index < -0.39 is 5.97 Å². The van der Waals surface area contributed by atoms with Crippen LogP contribution in [0.15, 0.2) is 12.1 Å². The number of fused-ring (bicyclic) bond motifs is 1. The number of ether oxygens (including phenoxy) is 2. The van der Waals surface area contributed by atoms with E-state index in [4.69, 9.17) is 26.2 Å². The van der Waals surface area contributed by atoms with Crippen LogP contribution >= 0.6 is 11.6 Å². The maximum Gasteiger partial charge on any atom is 0.307 e. The van der Waals surface area contributed by atoms with Gasteiger partial charge in [-0.3, -0.25) is 9.69 Å². The van der Waals surface area contributed by atoms with Crippen LogP contribution in [-0.4, -0.2) is 42.3 Å². The fourth-order valence-corrected chi connectivity index (χ4v) is 3.20. The predicted octanol–water partition coefficient (Wildman–Crippen LogP) is 2.41. The second-order valence-electron chi connectivity index (χ2n) is 5.51. The Morgan fingerprint density at radius 3 is 3.00 bits per heavy atom. The molecule has 1 fully saturated rings. The summed E-state index contributed by atoms with van der Waals surface area (Å²) in [5.74, 6) is 0.301. The van der Waals surface area contributed by atoms with Gasteiger partial charge in [0, 0.05) is 13.1 Å². The summed E-state index contributed by atoms with van der Waals surface area (Å²) in [5, 5.41) is 9.69. The number of hydrogen-bond donors (Lipinski definition) is 1. The van der Waals surface area contributed by atoms with Crippen LogP contribution in [0.2, 0.25) is 5.02 Å². The molecule has 1 atom stereocenters. The summed E-state index contributed by atoms with van der Waals surface area (Å²) in [7, 11) is 0. The molecule has 1 aromatic rings. The summed E-state index contributed by atoms with van der Waals surface area (Å²) in [5.41, 5.74) is 1.02. The fraction of sp³-hybridized carbons (Fsp3) is 0.533. The van der Waals surface area contributed by atoms with Crippen LogP contribution in [0.1, 0.15) is 18.4 Å². The van der Waals surface area contributed by atoms with E-state index in [1.165, 1.54) is 0 Å². The molecule has 0 saturated carbocycles. The van der Waals surface area contributed by atoms with Gasteiger partial charge in [-0.25, -0.2) is 0 Å². The zero-order valence-corrected chi connectivity index (χ0v) is 12.4. The second kappa shape index (κ2) is 6.12. The molecule has 2 aliphatic heterocycles. The van der Waals surface area contributed by atoms with E-state index in [2.05, 4.69) is 4.90 Å². The van der Waals surface area contributed by atoms with Crippen molar-refractivity contribution in [2.75, 3.05) is 26.3 Å². The number of rotatable bonds is 3. The zero-order valence-electron chi connectivity index (χ0n) is 11.7. The fourth-order valence-electron chi connectivity index (χ4n) is 2.91. The first-order chi connectivity index (χ1) is 10.1. The van der Waals surface area contributed by atoms with Gasteiger partial charge in [-0.15, -0.1) is 0 Å². The van der Waals surface area contributed by atoms with Crippen molar-refractivity contribution < 1.29 is 19.4 Å². The van der Waals surface area contributed by atoms with E-state index in [1.807, 2.05) is 12.1 Å². The highest BCUT2D eigenvalue weighted by Gasteiger charge is 2.26. The summed E-state index contributed by atoms with van der Waals surface area (Å²) in [6, 6.07) is 3.81. The molecule has 114 valence electrons. The second-order valence-corrected chi connectivity index (χ2v) is 5.92. The Morgan fingerprint density at radius 1 is 1.38 bits per heavy atom. The summed E-state index contributed by atoms with van der Waals surface area (Å²) in [6.07, 6.45) is 1.67. The molecule has 0 spiro atoms. The Morgan fingerprint density at radius 2 is 2.19 bits per heavy atom. The van der Waals surface area contributed by atoms with Crippen molar-refractivity contribution in [3.8, 4) is 11.5 Å². The molecule has 6 heteroatoms. The van der Waals surface area contributed by atoms with Crippen molar-refractivity contribution >= 4 is 17.6 Å². The molecule has 1 aromatic carbocycles. The van der Waals surface area contributed by atoms with Crippen LogP contribution < -0.4 is 9.47 Å². The summed E-state index contributed by atoms with van der Waals surface area (Å²) < 4.78 is 11.1. The largest absolute Gasteiger partial charge is 0.486 e. The number of piperidine rings is 1. The number of nitrogens with zero attached hydrogens (tertiary/aromatic N) is 1. The van der Waals surface area contributed by atoms with Crippen LogP contribution in [0.3, 0.4) is 0 Å². The van der Waals surface area contributed by atoms with Crippen molar-refractivity contribution in [3.63, 3.8) is 0 Å². The normalized spacial score (nSPS) is 22.0. The van der Waals surface area contributed by atoms with E-state index in [0.717, 1.165) is 24.9 Å². The summed E-state index contributed by atoms with van der Waals surface area (Å²) in [4.78, 5) is 13.3. The number of hydrogen-bond acceptors (Lipinski definition) is 4. The topological polar surface area (TPSA) is 59.0 Å². The number of benzene rings is 1. The predicted molar refractivity (Wildman–Crippen MR) is 78.1 cm³/mol. The van der Waals surface area contributed by atoms with Crippen molar-refractivity contribution in [1.82, 2.24) is 4.90 Å². The quantitative estimate of drug-likeness (QED) is 0.929. The average Bonchev–Trinajstić information content (AvgIpc) is 2.47. The highest BCUT2D eigenvalue weighted by atomic mass is 35.5. The van der Waals surface area contributed by atoms with Gasteiger partial charge in [0.15, 0.2) is 11.5 Å². The van der Waals surface area contributed by atoms with Crippen LogP contribution in [0, 0.1) is 5.92 Å². The highest BCUT2D eigenvalue weighted by Crippen LogP contribution is 2.38. The Bertz CT molecular complexity index is 549. The first kappa shape index (κ1) is 14.5. The van der Waals surface area contributed by atoms with Gasteiger partial charge >= 0.3 is 5.97 Å². The summed E-state index contributed by atoms with van der Waals surface area (Å²) in [6.45, 7) is 3.22. The van der Waals surface area contributed by atoms with Crippen LogP contribution in [0.25, 0.3) is 0 Å². The first-order valence-electron chi connectivity index (χ1n) is 7.16. The van der Waals surface area contributed by atoms with Gasteiger partial charge in [-0.05, 0) is 37.1 Å². The van der Waals surface area contributed by atoms with Crippen molar-refractivity contribution in [2.45, 2.75) is 19.4 Å². The molecule has 0 aliphatic carbocycles. The highest BCUT2D eigenvalue weighted by molar-refractivity contribution is 6.32. The Kier molecular flexibility index (Phi) is 4.22. The third-order valence-electron chi connectivity index (χ3n) is 3.92. The lowest BCUT2D eigenvalue weighted by atomic mass is 9.98. The van der Waals surface area contributed by atoms with Crippen LogP contribution in [-0.2, 0) is 11.3 Å². The lowest BCUT2D eigenvalue weighted by molar-refractivity contribution is -0.143. The lowest BCUT2D eigenvalue weighted by Crippen LogP contribution is -2.38. The van der Waals surface area contributed by atoms with Gasteiger partial charge in [0.05, 0.1) is 10.9 Å². The minimum absolute atomic E-state index is 0.272. The van der Waals surface area contributed by atoms with Gasteiger partial charge in [0.2, 0.25) is 0 Å². The molecule has 2 heterocycles. The maximum atomic E-state index is 11.1. The lowest BCUT2D eigenvalue weighted by Gasteiger charge is -2.31. The molecule has 0 aromatic heterocycles. The molecule has 5 nitrogen and oxygen atoms in total. The Labute approximate surface area is 128 Å². The number of halogens is 1. The molecular weight excluding hydrogens is 294 g/mol. The van der Waals surface area contributed by atoms with E-state index in [0.29, 0.717) is 42.8 Å². The molecule has 0 bridgehead atoms. The Balaban J connectivity index is 1.73. The van der Waals surface area contributed by atoms with Crippen LogP contribution in [0.5, 0.6) is 11.5 Å². The van der Waals surface area contributed by atoms with Gasteiger partial charge in [0.25, 0.3) is 0 Å². The molecule has 21 heavy (non-hydrogen) atoms. The Hall–Kier alpha value is -1.46. The van der Waals surface area contributed by atoms with Gasteiger partial charge < -0.3 is 14.6 Å². The minimum atomic E-state index is -0.708. The molecule has 0 radical (unpaired) electrons. The summed E-state index contributed by atoms with van der Waals surface area (Å²) >= 11 is 6.23. The third-order valence-corrected chi connectivity index (χ3v) is 4.20. The maximum absolute atomic E-state index is 11.1. The molecule has 1 saturated heterocycles. The number of carbonyl (C=O) groups is 1. The van der Waals surface area contributed by atoms with Gasteiger partial charge in [-0.1, -0.05) is 11.6 Å². The number of carboxylic acid groups (broad SMARTS) is 1. The number of carboxylic acids is 1. The minimum Gasteiger partial charge on any atom is -0.486 e. The number of aliphatic carboxylic acids is 1. The standard InChI is InChI=1S/C15H18ClNO4/c16-12-6-10(7-13-14(12)21-5-4-20-13)8-17-3-1-2-11(9-17)15(18)19/h6-7,11H,1-5,8-9H2,(H,18,19)/t11-/m0/s1. The molecular formula is C15H18ClNO4. The average molecular weight is 312 g/mol. The molecule has 1 N–H and O–H groups in total. The SMILES string of the molecule is O=C(O)[C@H]1CCCN(Cc2cc(Cl)c3c(c2)OCCO3)C1. The van der Waals surface area contributed by atoms with Crippen molar-refractivity contribution in [1.29, 1.82) is 0 Å². The third kappa shape index (κ3) is 3.24. The smallest absolute Gasteiger partial charge is 0.307 e. The zero-order chi connectivity index (χ0) is 14.8. The number of likely N-dealkylation sites (tertiary alicyclic amines) is 1. The van der Waals surface area contributed by atoms with E-state index in [1.54, 1.807) is 0 Å². The van der Waals surface area contributed by atoms with Gasteiger partial charge in [-0.2, -0.15) is 0 Å². The first-order valence-corrected chi connectivity index (χ1v) is 7.54. The molecule has 0 unspecified atom stereocenters. The molecule has 2 aliphatic rings. The van der Waals surface area contributed by atoms with E-state index in [9.17, 15) is 4.79 Å².